The zero-order chi connectivity index (χ0) is 22.0. The van der Waals surface area contributed by atoms with Crippen LogP contribution in [-0.4, -0.2) is 29.2 Å². The maximum Gasteiger partial charge on any atom is 0.332 e. The largest absolute Gasteiger partial charge is 0.338 e. The van der Waals surface area contributed by atoms with Crippen LogP contribution in [0.25, 0.3) is 11.0 Å². The standard InChI is InChI=1S/C20H28N6O3S/c1-7-9-13-21-17(29-24-13)12(5)30-18-14-16(22-15(23-18)11(3)4)26(10-8-2)20(28)25(6)19(14)27/h11-12H,7-10H2,1-6H3. The van der Waals surface area contributed by atoms with Crippen molar-refractivity contribution in [2.45, 2.75) is 76.6 Å². The number of aromatic nitrogens is 6. The van der Waals surface area contributed by atoms with Gasteiger partial charge in [-0.1, -0.05) is 44.6 Å². The number of rotatable bonds is 8. The van der Waals surface area contributed by atoms with Crippen LogP contribution in [0.4, 0.5) is 0 Å². The van der Waals surface area contributed by atoms with Crippen LogP contribution in [-0.2, 0) is 20.0 Å². The van der Waals surface area contributed by atoms with Gasteiger partial charge in [-0.25, -0.2) is 14.8 Å². The lowest BCUT2D eigenvalue weighted by Crippen LogP contribution is -2.39. The summed E-state index contributed by atoms with van der Waals surface area (Å²) in [5.74, 6) is 1.79. The highest BCUT2D eigenvalue weighted by molar-refractivity contribution is 7.99. The number of nitrogens with zero attached hydrogens (tertiary/aromatic N) is 6. The van der Waals surface area contributed by atoms with Gasteiger partial charge in [0.15, 0.2) is 11.5 Å². The SMILES string of the molecule is CCCc1noc(C(C)Sc2nc(C(C)C)nc3c2c(=O)n(C)c(=O)n3CCC)n1. The van der Waals surface area contributed by atoms with Crippen molar-refractivity contribution in [2.75, 3.05) is 0 Å². The van der Waals surface area contributed by atoms with Gasteiger partial charge < -0.3 is 4.52 Å². The molecule has 0 spiro atoms. The molecule has 1 unspecified atom stereocenters. The predicted octanol–water partition coefficient (Wildman–Crippen LogP) is 3.21. The van der Waals surface area contributed by atoms with E-state index < -0.39 is 5.56 Å². The van der Waals surface area contributed by atoms with Gasteiger partial charge in [0.2, 0.25) is 5.89 Å². The van der Waals surface area contributed by atoms with Gasteiger partial charge in [-0.15, -0.1) is 0 Å². The van der Waals surface area contributed by atoms with Gasteiger partial charge >= 0.3 is 5.69 Å². The normalized spacial score (nSPS) is 12.8. The Morgan fingerprint density at radius 1 is 1.07 bits per heavy atom. The predicted molar refractivity (Wildman–Crippen MR) is 116 cm³/mol. The summed E-state index contributed by atoms with van der Waals surface area (Å²) in [5, 5.41) is 4.68. The molecule has 9 nitrogen and oxygen atoms in total. The fourth-order valence-corrected chi connectivity index (χ4v) is 4.07. The molecule has 0 aliphatic rings. The molecule has 0 radical (unpaired) electrons. The molecule has 3 aromatic heterocycles. The summed E-state index contributed by atoms with van der Waals surface area (Å²) in [7, 11) is 1.49. The molecule has 162 valence electrons. The van der Waals surface area contributed by atoms with Crippen molar-refractivity contribution < 1.29 is 4.52 Å². The Morgan fingerprint density at radius 3 is 2.43 bits per heavy atom. The number of fused-ring (bicyclic) bond motifs is 1. The first-order chi connectivity index (χ1) is 14.3. The lowest BCUT2D eigenvalue weighted by atomic mass is 10.2. The fourth-order valence-electron chi connectivity index (χ4n) is 3.10. The number of thioether (sulfide) groups is 1. The van der Waals surface area contributed by atoms with Crippen molar-refractivity contribution in [2.24, 2.45) is 7.05 Å². The van der Waals surface area contributed by atoms with Gasteiger partial charge in [-0.2, -0.15) is 4.98 Å². The zero-order valence-electron chi connectivity index (χ0n) is 18.3. The zero-order valence-corrected chi connectivity index (χ0v) is 19.1. The molecular weight excluding hydrogens is 404 g/mol. The van der Waals surface area contributed by atoms with Crippen molar-refractivity contribution in [3.63, 3.8) is 0 Å². The Balaban J connectivity index is 2.19. The van der Waals surface area contributed by atoms with Crippen molar-refractivity contribution in [3.05, 3.63) is 38.4 Å². The average molecular weight is 433 g/mol. The topological polar surface area (TPSA) is 109 Å². The summed E-state index contributed by atoms with van der Waals surface area (Å²) >= 11 is 1.37. The summed E-state index contributed by atoms with van der Waals surface area (Å²) in [6.07, 6.45) is 2.42. The molecule has 0 amide bonds. The highest BCUT2D eigenvalue weighted by Crippen LogP contribution is 2.36. The lowest BCUT2D eigenvalue weighted by Gasteiger charge is -2.16. The van der Waals surface area contributed by atoms with Crippen LogP contribution in [0.2, 0.25) is 0 Å². The van der Waals surface area contributed by atoms with Crippen LogP contribution in [0.1, 0.15) is 76.2 Å². The first kappa shape index (κ1) is 22.2. The number of hydrogen-bond donors (Lipinski definition) is 0. The van der Waals surface area contributed by atoms with Gasteiger partial charge in [0.1, 0.15) is 16.2 Å². The minimum absolute atomic E-state index is 0.0397. The van der Waals surface area contributed by atoms with Crippen molar-refractivity contribution >= 4 is 22.8 Å². The van der Waals surface area contributed by atoms with E-state index in [1.54, 1.807) is 4.57 Å². The Morgan fingerprint density at radius 2 is 1.80 bits per heavy atom. The number of aryl methyl sites for hydroxylation is 2. The van der Waals surface area contributed by atoms with Crippen molar-refractivity contribution in [1.82, 2.24) is 29.2 Å². The second-order valence-electron chi connectivity index (χ2n) is 7.60. The molecule has 3 heterocycles. The van der Waals surface area contributed by atoms with Crippen LogP contribution in [0, 0.1) is 0 Å². The van der Waals surface area contributed by atoms with Crippen molar-refractivity contribution in [1.29, 1.82) is 0 Å². The molecule has 3 aromatic rings. The van der Waals surface area contributed by atoms with Gasteiger partial charge in [-0.05, 0) is 19.8 Å². The third-order valence-corrected chi connectivity index (χ3v) is 5.80. The van der Waals surface area contributed by atoms with Gasteiger partial charge in [0.05, 0.1) is 5.25 Å². The highest BCUT2D eigenvalue weighted by atomic mass is 32.2. The molecular formula is C20H28N6O3S. The molecule has 10 heteroatoms. The van der Waals surface area contributed by atoms with Crippen LogP contribution in [0.5, 0.6) is 0 Å². The van der Waals surface area contributed by atoms with E-state index in [0.29, 0.717) is 40.1 Å². The third kappa shape index (κ3) is 4.19. The second-order valence-corrected chi connectivity index (χ2v) is 8.93. The Bertz CT molecular complexity index is 1160. The molecule has 0 fully saturated rings. The molecule has 3 rings (SSSR count). The van der Waals surface area contributed by atoms with Gasteiger partial charge in [0, 0.05) is 25.9 Å². The van der Waals surface area contributed by atoms with Crippen LogP contribution >= 0.6 is 11.8 Å². The molecule has 0 saturated carbocycles. The number of hydrogen-bond acceptors (Lipinski definition) is 8. The minimum Gasteiger partial charge on any atom is -0.338 e. The summed E-state index contributed by atoms with van der Waals surface area (Å²) in [4.78, 5) is 39.5. The smallest absolute Gasteiger partial charge is 0.332 e. The lowest BCUT2D eigenvalue weighted by molar-refractivity contribution is 0.374. The highest BCUT2D eigenvalue weighted by Gasteiger charge is 2.23. The van der Waals surface area contributed by atoms with Crippen molar-refractivity contribution in [3.8, 4) is 0 Å². The molecule has 0 aromatic carbocycles. The maximum atomic E-state index is 13.0. The molecule has 0 aliphatic carbocycles. The molecule has 30 heavy (non-hydrogen) atoms. The summed E-state index contributed by atoms with van der Waals surface area (Å²) in [6.45, 7) is 10.4. The Kier molecular flexibility index (Phi) is 6.74. The average Bonchev–Trinajstić information content (AvgIpc) is 3.18. The Hall–Kier alpha value is -2.49. The molecule has 0 saturated heterocycles. The first-order valence-electron chi connectivity index (χ1n) is 10.3. The summed E-state index contributed by atoms with van der Waals surface area (Å²) < 4.78 is 8.10. The quantitative estimate of drug-likeness (QED) is 0.394. The molecule has 0 N–H and O–H groups in total. The third-order valence-electron chi connectivity index (χ3n) is 4.72. The van der Waals surface area contributed by atoms with E-state index in [4.69, 9.17) is 4.52 Å². The Labute approximate surface area is 178 Å². The van der Waals surface area contributed by atoms with E-state index in [-0.39, 0.29) is 16.9 Å². The second kappa shape index (κ2) is 9.11. The molecule has 1 atom stereocenters. The fraction of sp³-hybridized carbons (Fsp3) is 0.600. The van der Waals surface area contributed by atoms with Crippen LogP contribution < -0.4 is 11.2 Å². The van der Waals surface area contributed by atoms with E-state index >= 15 is 0 Å². The van der Waals surface area contributed by atoms with Crippen LogP contribution in [0.15, 0.2) is 19.1 Å². The van der Waals surface area contributed by atoms with Gasteiger partial charge in [0.25, 0.3) is 5.56 Å². The van der Waals surface area contributed by atoms with E-state index in [2.05, 4.69) is 27.0 Å². The van der Waals surface area contributed by atoms with E-state index in [1.165, 1.54) is 18.8 Å². The van der Waals surface area contributed by atoms with Crippen LogP contribution in [0.3, 0.4) is 0 Å². The summed E-state index contributed by atoms with van der Waals surface area (Å²) in [6, 6.07) is 0. The van der Waals surface area contributed by atoms with E-state index in [0.717, 1.165) is 23.8 Å². The maximum absolute atomic E-state index is 13.0. The van der Waals surface area contributed by atoms with E-state index in [9.17, 15) is 9.59 Å². The minimum atomic E-state index is -0.399. The van der Waals surface area contributed by atoms with E-state index in [1.807, 2.05) is 27.7 Å². The molecule has 0 aliphatic heterocycles. The molecule has 0 bridgehead atoms. The van der Waals surface area contributed by atoms with Gasteiger partial charge in [-0.3, -0.25) is 13.9 Å². The monoisotopic (exact) mass is 432 g/mol. The first-order valence-corrected chi connectivity index (χ1v) is 11.2. The summed E-state index contributed by atoms with van der Waals surface area (Å²) in [5.41, 5.74) is -0.382.